The van der Waals surface area contributed by atoms with Gasteiger partial charge in [0.25, 0.3) is 0 Å². The van der Waals surface area contributed by atoms with Crippen molar-refractivity contribution in [1.82, 2.24) is 19.8 Å². The molecule has 1 saturated carbocycles. The Bertz CT molecular complexity index is 1530. The fourth-order valence-corrected chi connectivity index (χ4v) is 6.47. The van der Waals surface area contributed by atoms with Gasteiger partial charge in [-0.05, 0) is 54.6 Å². The van der Waals surface area contributed by atoms with Crippen molar-refractivity contribution >= 4 is 41.2 Å². The van der Waals surface area contributed by atoms with Crippen LogP contribution < -0.4 is 16.0 Å². The summed E-state index contributed by atoms with van der Waals surface area (Å²) in [5.41, 5.74) is 11.3. The van der Waals surface area contributed by atoms with Crippen LogP contribution in [0.4, 0.5) is 5.95 Å². The number of amides is 2. The molecule has 0 spiro atoms. The number of imidazole rings is 1. The number of rotatable bonds is 7. The highest BCUT2D eigenvalue weighted by molar-refractivity contribution is 5.99. The molecule has 1 aliphatic heterocycles. The number of fused-ring (bicyclic) bond motifs is 1. The van der Waals surface area contributed by atoms with Gasteiger partial charge in [0.1, 0.15) is 6.04 Å². The van der Waals surface area contributed by atoms with E-state index < -0.39 is 11.9 Å². The molecule has 3 atom stereocenters. The summed E-state index contributed by atoms with van der Waals surface area (Å²) >= 11 is 0. The normalized spacial score (nSPS) is 19.9. The molecule has 43 heavy (non-hydrogen) atoms. The Hall–Kier alpha value is -3.72. The summed E-state index contributed by atoms with van der Waals surface area (Å²) in [6.45, 7) is 4.70. The first kappa shape index (κ1) is 30.7. The van der Waals surface area contributed by atoms with Gasteiger partial charge in [-0.1, -0.05) is 79.6 Å². The number of aromatic nitrogens is 2. The zero-order valence-corrected chi connectivity index (χ0v) is 25.5. The van der Waals surface area contributed by atoms with Crippen LogP contribution in [-0.4, -0.2) is 59.5 Å². The van der Waals surface area contributed by atoms with Crippen LogP contribution in [0, 0.1) is 5.92 Å². The van der Waals surface area contributed by atoms with Gasteiger partial charge < -0.3 is 20.1 Å². The molecule has 4 aromatic rings. The smallest absolute Gasteiger partial charge is 0.248 e. The molecular formula is C34H41ClN6O2. The summed E-state index contributed by atoms with van der Waals surface area (Å²) in [5, 5.41) is 2.63. The van der Waals surface area contributed by atoms with Crippen molar-refractivity contribution in [3.05, 3.63) is 95.6 Å². The molecule has 3 N–H and O–H groups in total. The van der Waals surface area contributed by atoms with Gasteiger partial charge in [-0.2, -0.15) is 0 Å². The molecule has 2 aliphatic rings. The third kappa shape index (κ3) is 6.77. The number of likely N-dealkylation sites (N-methyl/N-ethyl adjacent to an activating group) is 1. The number of carbonyl (C=O) groups excluding carboxylic acids is 2. The second-order valence-electron chi connectivity index (χ2n) is 11.8. The minimum Gasteiger partial charge on any atom is -0.340 e. The number of hydrogen-bond acceptors (Lipinski definition) is 6. The summed E-state index contributed by atoms with van der Waals surface area (Å²) in [7, 11) is 2.17. The molecule has 0 unspecified atom stereocenters. The van der Waals surface area contributed by atoms with Crippen molar-refractivity contribution in [1.29, 1.82) is 0 Å². The second-order valence-corrected chi connectivity index (χ2v) is 11.8. The van der Waals surface area contributed by atoms with E-state index >= 15 is 0 Å². The van der Waals surface area contributed by atoms with Crippen LogP contribution in [0.1, 0.15) is 54.3 Å². The number of halogens is 1. The monoisotopic (exact) mass is 600 g/mol. The summed E-state index contributed by atoms with van der Waals surface area (Å²) in [6, 6.07) is 25.3. The lowest BCUT2D eigenvalue weighted by molar-refractivity contribution is -0.134. The Morgan fingerprint density at radius 3 is 2.33 bits per heavy atom. The molecule has 6 rings (SSSR count). The predicted octanol–water partition coefficient (Wildman–Crippen LogP) is 4.87. The minimum absolute atomic E-state index is 0. The van der Waals surface area contributed by atoms with Crippen LogP contribution in [0.15, 0.2) is 78.9 Å². The molecule has 1 saturated heterocycles. The van der Waals surface area contributed by atoms with Crippen LogP contribution in [0.3, 0.4) is 0 Å². The van der Waals surface area contributed by atoms with Gasteiger partial charge in [0, 0.05) is 32.1 Å². The van der Waals surface area contributed by atoms with Gasteiger partial charge >= 0.3 is 0 Å². The number of hydrogen-bond donors (Lipinski definition) is 2. The number of nitrogens with two attached hydrogens (primary N) is 1. The van der Waals surface area contributed by atoms with E-state index in [1.165, 1.54) is 5.56 Å². The Kier molecular flexibility index (Phi) is 9.80. The topological polar surface area (TPSA) is 96.5 Å². The lowest BCUT2D eigenvalue weighted by Crippen LogP contribution is -2.45. The first-order chi connectivity index (χ1) is 20.5. The van der Waals surface area contributed by atoms with E-state index in [1.807, 2.05) is 24.3 Å². The van der Waals surface area contributed by atoms with Crippen LogP contribution in [0.2, 0.25) is 0 Å². The van der Waals surface area contributed by atoms with Crippen LogP contribution >= 0.6 is 12.4 Å². The van der Waals surface area contributed by atoms with E-state index in [1.54, 1.807) is 12.1 Å². The zero-order chi connectivity index (χ0) is 29.1. The van der Waals surface area contributed by atoms with Crippen molar-refractivity contribution in [2.24, 2.45) is 11.7 Å². The lowest BCUT2D eigenvalue weighted by atomic mass is 9.75. The van der Waals surface area contributed by atoms with Gasteiger partial charge in [-0.15, -0.1) is 12.4 Å². The fraction of sp³-hybridized carbons (Fsp3) is 0.382. The SMILES string of the molecule is CN1CCN(c2nc3ccccc3n2Cc2ccc([C@@H]3CCCC[C@H]3C(=O)NC(=O)[C@@H](N)c3ccccc3)cc2)CC1.Cl. The van der Waals surface area contributed by atoms with E-state index in [4.69, 9.17) is 10.7 Å². The third-order valence-corrected chi connectivity index (χ3v) is 8.96. The summed E-state index contributed by atoms with van der Waals surface area (Å²) in [4.78, 5) is 35.9. The third-order valence-electron chi connectivity index (χ3n) is 8.96. The highest BCUT2D eigenvalue weighted by Gasteiger charge is 2.33. The molecule has 2 amide bonds. The zero-order valence-electron chi connectivity index (χ0n) is 24.7. The highest BCUT2D eigenvalue weighted by Crippen LogP contribution is 2.38. The molecule has 1 aliphatic carbocycles. The Morgan fingerprint density at radius 2 is 1.58 bits per heavy atom. The van der Waals surface area contributed by atoms with Gasteiger partial charge in [0.2, 0.25) is 17.8 Å². The van der Waals surface area contributed by atoms with Gasteiger partial charge in [0.05, 0.1) is 17.6 Å². The van der Waals surface area contributed by atoms with E-state index in [-0.39, 0.29) is 30.2 Å². The lowest BCUT2D eigenvalue weighted by Gasteiger charge is -2.33. The summed E-state index contributed by atoms with van der Waals surface area (Å²) in [6.07, 6.45) is 3.75. The maximum absolute atomic E-state index is 13.3. The van der Waals surface area contributed by atoms with Crippen molar-refractivity contribution in [3.63, 3.8) is 0 Å². The average molecular weight is 601 g/mol. The summed E-state index contributed by atoms with van der Waals surface area (Å²) in [5.74, 6) is 0.175. The largest absolute Gasteiger partial charge is 0.340 e. The van der Waals surface area contributed by atoms with Crippen molar-refractivity contribution in [3.8, 4) is 0 Å². The molecule has 3 aromatic carbocycles. The fourth-order valence-electron chi connectivity index (χ4n) is 6.47. The first-order valence-corrected chi connectivity index (χ1v) is 15.1. The second kappa shape index (κ2) is 13.7. The van der Waals surface area contributed by atoms with E-state index in [0.717, 1.165) is 81.0 Å². The number of para-hydroxylation sites is 2. The molecule has 0 bridgehead atoms. The molecule has 0 radical (unpaired) electrons. The number of carbonyl (C=O) groups is 2. The molecule has 2 heterocycles. The molecule has 1 aromatic heterocycles. The minimum atomic E-state index is -0.869. The van der Waals surface area contributed by atoms with E-state index in [9.17, 15) is 9.59 Å². The number of nitrogens with one attached hydrogen (secondary N) is 1. The molecular weight excluding hydrogens is 560 g/mol. The quantitative estimate of drug-likeness (QED) is 0.314. The maximum Gasteiger partial charge on any atom is 0.248 e. The molecule has 9 heteroatoms. The van der Waals surface area contributed by atoms with Crippen molar-refractivity contribution < 1.29 is 9.59 Å². The average Bonchev–Trinajstić information content (AvgIpc) is 3.40. The number of imide groups is 1. The highest BCUT2D eigenvalue weighted by atomic mass is 35.5. The standard InChI is InChI=1S/C34H40N6O2.ClH/c1-38-19-21-39(22-20-38)34-36-29-13-7-8-14-30(29)40(34)23-24-15-17-25(18-16-24)27-11-5-6-12-28(27)32(41)37-33(42)31(35)26-9-3-2-4-10-26;/h2-4,7-10,13-18,27-28,31H,5-6,11-12,19-23,35H2,1H3,(H,37,41,42);1H/t27-,28+,31-;/m0./s1. The van der Waals surface area contributed by atoms with E-state index in [2.05, 4.69) is 69.2 Å². The Labute approximate surface area is 259 Å². The number of benzene rings is 3. The number of piperazine rings is 1. The summed E-state index contributed by atoms with van der Waals surface area (Å²) < 4.78 is 2.33. The molecule has 226 valence electrons. The van der Waals surface area contributed by atoms with Crippen LogP contribution in [0.25, 0.3) is 11.0 Å². The Balaban J connectivity index is 0.00000368. The van der Waals surface area contributed by atoms with Crippen molar-refractivity contribution in [2.75, 3.05) is 38.1 Å². The maximum atomic E-state index is 13.3. The van der Waals surface area contributed by atoms with Gasteiger partial charge in [-0.3, -0.25) is 14.9 Å². The van der Waals surface area contributed by atoms with Crippen LogP contribution in [-0.2, 0) is 16.1 Å². The Morgan fingerprint density at radius 1 is 0.907 bits per heavy atom. The van der Waals surface area contributed by atoms with E-state index in [0.29, 0.717) is 5.56 Å². The van der Waals surface area contributed by atoms with Gasteiger partial charge in [0.15, 0.2) is 0 Å². The number of anilines is 1. The predicted molar refractivity (Wildman–Crippen MR) is 173 cm³/mol. The first-order valence-electron chi connectivity index (χ1n) is 15.1. The van der Waals surface area contributed by atoms with Gasteiger partial charge in [-0.25, -0.2) is 4.98 Å². The van der Waals surface area contributed by atoms with Crippen molar-refractivity contribution in [2.45, 2.75) is 44.2 Å². The van der Waals surface area contributed by atoms with Crippen LogP contribution in [0.5, 0.6) is 0 Å². The number of nitrogens with zero attached hydrogens (tertiary/aromatic N) is 4. The molecule has 8 nitrogen and oxygen atoms in total. The molecule has 2 fully saturated rings.